The topological polar surface area (TPSA) is 47.4 Å². The molecule has 2 atom stereocenters. The summed E-state index contributed by atoms with van der Waals surface area (Å²) in [7, 11) is 0. The Morgan fingerprint density at radius 2 is 1.78 bits per heavy atom. The van der Waals surface area contributed by atoms with Crippen molar-refractivity contribution in [2.45, 2.75) is 32.5 Å². The minimum Gasteiger partial charge on any atom is -0.487 e. The summed E-state index contributed by atoms with van der Waals surface area (Å²) < 4.78 is 7.62. The van der Waals surface area contributed by atoms with E-state index in [-0.39, 0.29) is 18.0 Å². The highest BCUT2D eigenvalue weighted by Gasteiger charge is 2.33. The minimum absolute atomic E-state index is 0.0166. The fourth-order valence-electron chi connectivity index (χ4n) is 3.52. The van der Waals surface area contributed by atoms with Crippen LogP contribution in [0.25, 0.3) is 0 Å². The molecular formula is C22H23N3O2. The second-order valence-electron chi connectivity index (χ2n) is 6.96. The molecule has 0 bridgehead atoms. The normalized spacial score (nSPS) is 17.5. The Kier molecular flexibility index (Phi) is 4.67. The molecule has 0 saturated heterocycles. The molecule has 0 N–H and O–H groups in total. The van der Waals surface area contributed by atoms with Crippen LogP contribution < -0.4 is 4.74 Å². The molecule has 0 fully saturated rings. The Hall–Kier alpha value is -3.08. The van der Waals surface area contributed by atoms with E-state index < -0.39 is 0 Å². The van der Waals surface area contributed by atoms with E-state index in [1.54, 1.807) is 0 Å². The first kappa shape index (κ1) is 17.3. The van der Waals surface area contributed by atoms with Gasteiger partial charge in [0.25, 0.3) is 5.91 Å². The lowest BCUT2D eigenvalue weighted by molar-refractivity contribution is 0.0586. The highest BCUT2D eigenvalue weighted by Crippen LogP contribution is 2.29. The van der Waals surface area contributed by atoms with Crippen LogP contribution in [0.1, 0.15) is 47.7 Å². The number of carbonyl (C=O) groups excluding carboxylic acids is 1. The van der Waals surface area contributed by atoms with Crippen molar-refractivity contribution in [1.29, 1.82) is 0 Å². The van der Waals surface area contributed by atoms with Gasteiger partial charge in [0, 0.05) is 6.54 Å². The lowest BCUT2D eigenvalue weighted by atomic mass is 10.0. The predicted molar refractivity (Wildman–Crippen MR) is 104 cm³/mol. The van der Waals surface area contributed by atoms with Crippen LogP contribution in [-0.4, -0.2) is 27.1 Å². The smallest absolute Gasteiger partial charge is 0.272 e. The number of benzene rings is 2. The van der Waals surface area contributed by atoms with E-state index >= 15 is 0 Å². The second kappa shape index (κ2) is 7.27. The molecule has 1 aromatic heterocycles. The summed E-state index contributed by atoms with van der Waals surface area (Å²) in [6.45, 7) is 5.15. The zero-order valence-electron chi connectivity index (χ0n) is 15.6. The Morgan fingerprint density at radius 3 is 2.48 bits per heavy atom. The Bertz CT molecular complexity index is 921. The van der Waals surface area contributed by atoms with Crippen molar-refractivity contribution in [3.8, 4) is 5.75 Å². The van der Waals surface area contributed by atoms with E-state index in [0.29, 0.717) is 18.8 Å². The van der Waals surface area contributed by atoms with Crippen molar-refractivity contribution in [3.05, 3.63) is 83.7 Å². The molecule has 1 aliphatic heterocycles. The number of hydrogen-bond donors (Lipinski definition) is 0. The fourth-order valence-corrected chi connectivity index (χ4v) is 3.52. The van der Waals surface area contributed by atoms with Gasteiger partial charge in [-0.15, -0.1) is 0 Å². The molecule has 1 amide bonds. The number of amides is 1. The fraction of sp³-hybridized carbons (Fsp3) is 0.273. The van der Waals surface area contributed by atoms with Gasteiger partial charge in [-0.05, 0) is 37.6 Å². The van der Waals surface area contributed by atoms with Gasteiger partial charge in [-0.25, -0.2) is 0 Å². The van der Waals surface area contributed by atoms with E-state index in [1.807, 2.05) is 64.2 Å². The van der Waals surface area contributed by atoms with Crippen LogP contribution in [0.5, 0.6) is 5.75 Å². The first-order valence-electron chi connectivity index (χ1n) is 9.25. The minimum atomic E-state index is 0.0166. The van der Waals surface area contributed by atoms with Gasteiger partial charge in [0.1, 0.15) is 23.7 Å². The third-order valence-corrected chi connectivity index (χ3v) is 5.02. The number of rotatable bonds is 5. The van der Waals surface area contributed by atoms with Gasteiger partial charge in [0.2, 0.25) is 0 Å². The van der Waals surface area contributed by atoms with E-state index in [4.69, 9.17) is 4.74 Å². The van der Waals surface area contributed by atoms with Gasteiger partial charge in [0.05, 0.1) is 12.1 Å². The number of carbonyl (C=O) groups is 1. The summed E-state index contributed by atoms with van der Waals surface area (Å²) in [4.78, 5) is 15.0. The van der Waals surface area contributed by atoms with Crippen molar-refractivity contribution in [1.82, 2.24) is 14.7 Å². The van der Waals surface area contributed by atoms with Gasteiger partial charge in [0.15, 0.2) is 0 Å². The summed E-state index contributed by atoms with van der Waals surface area (Å²) in [6.07, 6.45) is 0. The molecule has 5 heteroatoms. The van der Waals surface area contributed by atoms with Crippen molar-refractivity contribution < 1.29 is 9.53 Å². The van der Waals surface area contributed by atoms with E-state index in [1.165, 1.54) is 0 Å². The van der Waals surface area contributed by atoms with Gasteiger partial charge in [-0.3, -0.25) is 9.48 Å². The number of para-hydroxylation sites is 1. The summed E-state index contributed by atoms with van der Waals surface area (Å²) in [6, 6.07) is 21.8. The second-order valence-corrected chi connectivity index (χ2v) is 6.96. The van der Waals surface area contributed by atoms with E-state index in [0.717, 1.165) is 17.0 Å². The van der Waals surface area contributed by atoms with E-state index in [9.17, 15) is 4.79 Å². The molecule has 0 saturated carbocycles. The standard InChI is InChI=1S/C22H23N3O2/c1-16-14-24(17(2)18-9-5-3-6-10-18)22(26)21-13-19(23-25(16)21)15-27-20-11-7-4-8-12-20/h3-13,16-17H,14-15H2,1-2H3. The third-order valence-electron chi connectivity index (χ3n) is 5.02. The largest absolute Gasteiger partial charge is 0.487 e. The number of ether oxygens (including phenoxy) is 1. The van der Waals surface area contributed by atoms with Gasteiger partial charge in [-0.2, -0.15) is 5.10 Å². The molecule has 2 unspecified atom stereocenters. The Labute approximate surface area is 159 Å². The molecule has 4 rings (SSSR count). The van der Waals surface area contributed by atoms with Gasteiger partial charge in [-0.1, -0.05) is 48.5 Å². The number of fused-ring (bicyclic) bond motifs is 1. The molecule has 2 aromatic carbocycles. The number of aromatic nitrogens is 2. The SMILES string of the molecule is CC(c1ccccc1)N1CC(C)n2nc(COc3ccccc3)cc2C1=O. The van der Waals surface area contributed by atoms with Crippen LogP contribution in [-0.2, 0) is 6.61 Å². The molecule has 138 valence electrons. The number of hydrogen-bond acceptors (Lipinski definition) is 3. The van der Waals surface area contributed by atoms with Crippen LogP contribution in [0.2, 0.25) is 0 Å². The van der Waals surface area contributed by atoms with E-state index in [2.05, 4.69) is 31.1 Å². The maximum absolute atomic E-state index is 13.1. The lowest BCUT2D eigenvalue weighted by Gasteiger charge is -2.36. The monoisotopic (exact) mass is 361 g/mol. The summed E-state index contributed by atoms with van der Waals surface area (Å²) in [5, 5.41) is 4.61. The predicted octanol–water partition coefficient (Wildman–Crippen LogP) is 4.24. The molecule has 5 nitrogen and oxygen atoms in total. The average molecular weight is 361 g/mol. The molecule has 0 aliphatic carbocycles. The molecule has 27 heavy (non-hydrogen) atoms. The molecule has 0 spiro atoms. The quantitative estimate of drug-likeness (QED) is 0.683. The zero-order chi connectivity index (χ0) is 18.8. The van der Waals surface area contributed by atoms with Crippen LogP contribution in [0.4, 0.5) is 0 Å². The molecule has 2 heterocycles. The molecule has 1 aliphatic rings. The van der Waals surface area contributed by atoms with Crippen LogP contribution >= 0.6 is 0 Å². The zero-order valence-corrected chi connectivity index (χ0v) is 15.6. The highest BCUT2D eigenvalue weighted by molar-refractivity contribution is 5.93. The molecular weight excluding hydrogens is 338 g/mol. The van der Waals surface area contributed by atoms with Crippen molar-refractivity contribution in [2.24, 2.45) is 0 Å². The highest BCUT2D eigenvalue weighted by atomic mass is 16.5. The van der Waals surface area contributed by atoms with Crippen LogP contribution in [0, 0.1) is 0 Å². The maximum Gasteiger partial charge on any atom is 0.272 e. The van der Waals surface area contributed by atoms with Crippen molar-refractivity contribution in [3.63, 3.8) is 0 Å². The van der Waals surface area contributed by atoms with Crippen LogP contribution in [0.3, 0.4) is 0 Å². The van der Waals surface area contributed by atoms with Gasteiger partial charge >= 0.3 is 0 Å². The summed E-state index contributed by atoms with van der Waals surface area (Å²) >= 11 is 0. The first-order valence-corrected chi connectivity index (χ1v) is 9.25. The average Bonchev–Trinajstić information content (AvgIpc) is 3.15. The maximum atomic E-state index is 13.1. The van der Waals surface area contributed by atoms with Crippen molar-refractivity contribution in [2.75, 3.05) is 6.54 Å². The Morgan fingerprint density at radius 1 is 1.11 bits per heavy atom. The Balaban J connectivity index is 1.54. The third kappa shape index (κ3) is 3.45. The van der Waals surface area contributed by atoms with Gasteiger partial charge < -0.3 is 9.64 Å². The first-order chi connectivity index (χ1) is 13.1. The summed E-state index contributed by atoms with van der Waals surface area (Å²) in [5.74, 6) is 0.810. The lowest BCUT2D eigenvalue weighted by Crippen LogP contribution is -2.43. The van der Waals surface area contributed by atoms with Crippen molar-refractivity contribution >= 4 is 5.91 Å². The number of nitrogens with zero attached hydrogens (tertiary/aromatic N) is 3. The molecule has 3 aromatic rings. The summed E-state index contributed by atoms with van der Waals surface area (Å²) in [5.41, 5.74) is 2.53. The molecule has 0 radical (unpaired) electrons. The van der Waals surface area contributed by atoms with Crippen LogP contribution in [0.15, 0.2) is 66.7 Å².